The molecular weight excluding hydrogens is 214 g/mol. The van der Waals surface area contributed by atoms with E-state index in [1.54, 1.807) is 0 Å². The lowest BCUT2D eigenvalue weighted by atomic mass is 10.3. The maximum atomic E-state index is 10.8. The lowest BCUT2D eigenvalue weighted by molar-refractivity contribution is -0.383. The van der Waals surface area contributed by atoms with Gasteiger partial charge in [-0.2, -0.15) is 0 Å². The number of aliphatic hydroxyl groups is 1. The van der Waals surface area contributed by atoms with Gasteiger partial charge in [0.05, 0.1) is 17.1 Å². The molecular formula is C8H11N5O3. The maximum absolute atomic E-state index is 10.8. The molecule has 0 radical (unpaired) electrons. The minimum atomic E-state index is -0.634. The second-order valence-electron chi connectivity index (χ2n) is 3.78. The van der Waals surface area contributed by atoms with Crippen molar-refractivity contribution >= 4 is 17.3 Å². The summed E-state index contributed by atoms with van der Waals surface area (Å²) in [6.07, 6.45) is 2.66. The fourth-order valence-corrected chi connectivity index (χ4v) is 1.39. The van der Waals surface area contributed by atoms with Gasteiger partial charge in [-0.1, -0.05) is 0 Å². The molecule has 1 aromatic heterocycles. The van der Waals surface area contributed by atoms with Crippen molar-refractivity contribution in [3.05, 3.63) is 16.4 Å². The van der Waals surface area contributed by atoms with Crippen LogP contribution >= 0.6 is 0 Å². The van der Waals surface area contributed by atoms with E-state index in [-0.39, 0.29) is 23.9 Å². The summed E-state index contributed by atoms with van der Waals surface area (Å²) in [5.74, 6) is -0.125. The Morgan fingerprint density at radius 1 is 1.62 bits per heavy atom. The molecule has 0 spiro atoms. The van der Waals surface area contributed by atoms with Gasteiger partial charge in [-0.25, -0.2) is 9.97 Å². The van der Waals surface area contributed by atoms with Crippen molar-refractivity contribution < 1.29 is 10.0 Å². The molecule has 1 fully saturated rings. The molecule has 8 heteroatoms. The van der Waals surface area contributed by atoms with Gasteiger partial charge in [0.15, 0.2) is 0 Å². The van der Waals surface area contributed by atoms with E-state index >= 15 is 0 Å². The first-order chi connectivity index (χ1) is 7.58. The van der Waals surface area contributed by atoms with Crippen LogP contribution in [-0.2, 0) is 0 Å². The topological polar surface area (TPSA) is 127 Å². The number of hydrogen-bond donors (Lipinski definition) is 3. The van der Waals surface area contributed by atoms with Gasteiger partial charge in [0.2, 0.25) is 11.6 Å². The molecule has 1 aliphatic rings. The highest BCUT2D eigenvalue weighted by molar-refractivity contribution is 5.68. The molecule has 1 aromatic rings. The van der Waals surface area contributed by atoms with Crippen molar-refractivity contribution in [2.24, 2.45) is 0 Å². The second-order valence-corrected chi connectivity index (χ2v) is 3.78. The quantitative estimate of drug-likeness (QED) is 0.482. The van der Waals surface area contributed by atoms with E-state index in [0.29, 0.717) is 0 Å². The second kappa shape index (κ2) is 3.56. The Balaban J connectivity index is 2.33. The molecule has 8 nitrogen and oxygen atoms in total. The van der Waals surface area contributed by atoms with Gasteiger partial charge >= 0.3 is 5.69 Å². The van der Waals surface area contributed by atoms with Crippen LogP contribution in [0.1, 0.15) is 12.8 Å². The van der Waals surface area contributed by atoms with E-state index < -0.39 is 10.5 Å². The molecule has 16 heavy (non-hydrogen) atoms. The third-order valence-electron chi connectivity index (χ3n) is 2.57. The van der Waals surface area contributed by atoms with Gasteiger partial charge in [-0.05, 0) is 12.8 Å². The molecule has 0 bridgehead atoms. The number of nitrogens with two attached hydrogens (primary N) is 1. The van der Waals surface area contributed by atoms with Crippen LogP contribution in [0, 0.1) is 10.1 Å². The minimum absolute atomic E-state index is 0.0593. The van der Waals surface area contributed by atoms with Crippen molar-refractivity contribution in [1.82, 2.24) is 9.97 Å². The van der Waals surface area contributed by atoms with Crippen molar-refractivity contribution in [3.63, 3.8) is 0 Å². The Morgan fingerprint density at radius 3 is 2.81 bits per heavy atom. The third-order valence-corrected chi connectivity index (χ3v) is 2.57. The van der Waals surface area contributed by atoms with Gasteiger partial charge in [0.25, 0.3) is 0 Å². The number of hydrogen-bond acceptors (Lipinski definition) is 7. The predicted molar refractivity (Wildman–Crippen MR) is 55.8 cm³/mol. The first-order valence-corrected chi connectivity index (χ1v) is 4.72. The molecule has 4 N–H and O–H groups in total. The van der Waals surface area contributed by atoms with Crippen LogP contribution in [0.25, 0.3) is 0 Å². The van der Waals surface area contributed by atoms with Crippen LogP contribution < -0.4 is 11.1 Å². The smallest absolute Gasteiger partial charge is 0.353 e. The predicted octanol–water partition coefficient (Wildman–Crippen LogP) is -0.0962. The lowest BCUT2D eigenvalue weighted by Gasteiger charge is -2.14. The minimum Gasteiger partial charge on any atom is -0.394 e. The number of rotatable bonds is 4. The Morgan fingerprint density at radius 2 is 2.31 bits per heavy atom. The van der Waals surface area contributed by atoms with E-state index in [1.807, 2.05) is 0 Å². The van der Waals surface area contributed by atoms with E-state index in [0.717, 1.165) is 19.2 Å². The van der Waals surface area contributed by atoms with Gasteiger partial charge in [-0.15, -0.1) is 0 Å². The van der Waals surface area contributed by atoms with Crippen LogP contribution in [0.3, 0.4) is 0 Å². The maximum Gasteiger partial charge on any atom is 0.353 e. The van der Waals surface area contributed by atoms with Crippen LogP contribution in [0.4, 0.5) is 17.3 Å². The molecule has 86 valence electrons. The van der Waals surface area contributed by atoms with Gasteiger partial charge in [-0.3, -0.25) is 10.1 Å². The summed E-state index contributed by atoms with van der Waals surface area (Å²) in [5, 5.41) is 22.7. The number of nitro groups is 1. The van der Waals surface area contributed by atoms with Crippen molar-refractivity contribution in [1.29, 1.82) is 0 Å². The van der Waals surface area contributed by atoms with Crippen LogP contribution in [0.15, 0.2) is 6.33 Å². The monoisotopic (exact) mass is 225 g/mol. The summed E-state index contributed by atoms with van der Waals surface area (Å²) in [6, 6.07) is 0. The molecule has 0 unspecified atom stereocenters. The number of nitrogens with one attached hydrogen (secondary N) is 1. The molecule has 0 aliphatic heterocycles. The Bertz CT molecular complexity index is 432. The lowest BCUT2D eigenvalue weighted by Crippen LogP contribution is -2.27. The fourth-order valence-electron chi connectivity index (χ4n) is 1.39. The highest BCUT2D eigenvalue weighted by Gasteiger charge is 2.44. The standard InChI is InChI=1S/C8H11N5O3/c9-6-5(13(15)16)7(11-4-10-6)12-8(3-14)1-2-8/h4,14H,1-3H2,(H3,9,10,11,12). The zero-order valence-electron chi connectivity index (χ0n) is 8.38. The summed E-state index contributed by atoms with van der Waals surface area (Å²) in [6.45, 7) is -0.0892. The first kappa shape index (κ1) is 10.6. The number of anilines is 2. The molecule has 1 saturated carbocycles. The highest BCUT2D eigenvalue weighted by atomic mass is 16.6. The summed E-state index contributed by atoms with van der Waals surface area (Å²) >= 11 is 0. The number of nitrogen functional groups attached to an aromatic ring is 1. The summed E-state index contributed by atoms with van der Waals surface area (Å²) in [4.78, 5) is 17.5. The Hall–Kier alpha value is -1.96. The zero-order valence-corrected chi connectivity index (χ0v) is 8.38. The molecule has 1 heterocycles. The Labute approximate surface area is 90.7 Å². The SMILES string of the molecule is Nc1ncnc(NC2(CO)CC2)c1[N+](=O)[O-]. The van der Waals surface area contributed by atoms with Crippen molar-refractivity contribution in [2.45, 2.75) is 18.4 Å². The van der Waals surface area contributed by atoms with E-state index in [1.165, 1.54) is 0 Å². The fraction of sp³-hybridized carbons (Fsp3) is 0.500. The highest BCUT2D eigenvalue weighted by Crippen LogP contribution is 2.40. The molecule has 1 aliphatic carbocycles. The molecule has 0 amide bonds. The number of nitrogens with zero attached hydrogens (tertiary/aromatic N) is 3. The van der Waals surface area contributed by atoms with E-state index in [2.05, 4.69) is 15.3 Å². The molecule has 0 atom stereocenters. The molecule has 0 aromatic carbocycles. The first-order valence-electron chi connectivity index (χ1n) is 4.72. The van der Waals surface area contributed by atoms with Crippen LogP contribution in [-0.4, -0.2) is 32.1 Å². The van der Waals surface area contributed by atoms with Crippen molar-refractivity contribution in [2.75, 3.05) is 17.7 Å². The van der Waals surface area contributed by atoms with E-state index in [9.17, 15) is 10.1 Å². The zero-order chi connectivity index (χ0) is 11.8. The van der Waals surface area contributed by atoms with Gasteiger partial charge in [0, 0.05) is 0 Å². The number of aromatic nitrogens is 2. The normalized spacial score (nSPS) is 16.8. The van der Waals surface area contributed by atoms with Gasteiger partial charge < -0.3 is 16.2 Å². The Kier molecular flexibility index (Phi) is 2.35. The summed E-state index contributed by atoms with van der Waals surface area (Å²) in [7, 11) is 0. The average molecular weight is 225 g/mol. The summed E-state index contributed by atoms with van der Waals surface area (Å²) < 4.78 is 0. The van der Waals surface area contributed by atoms with Gasteiger partial charge in [0.1, 0.15) is 6.33 Å². The number of aliphatic hydroxyl groups excluding tert-OH is 1. The molecule has 0 saturated heterocycles. The summed E-state index contributed by atoms with van der Waals surface area (Å²) in [5.41, 5.74) is 4.58. The molecule has 2 rings (SSSR count). The van der Waals surface area contributed by atoms with Crippen LogP contribution in [0.2, 0.25) is 0 Å². The third kappa shape index (κ3) is 1.74. The van der Waals surface area contributed by atoms with Crippen LogP contribution in [0.5, 0.6) is 0 Å². The van der Waals surface area contributed by atoms with E-state index in [4.69, 9.17) is 10.8 Å². The van der Waals surface area contributed by atoms with Crippen molar-refractivity contribution in [3.8, 4) is 0 Å². The largest absolute Gasteiger partial charge is 0.394 e. The average Bonchev–Trinajstić information content (AvgIpc) is 2.98.